The standard InChI is InChI=1S/C17H36N3O/c1-20(21)12-8-10-16-13-15(14-18)9-6-4-2-3-5-7-11-17(16)19/h15-17H,2-14,18-19H2,1H3/q-1/t15-,16?,17?/m0/s1. The van der Waals surface area contributed by atoms with Crippen LogP contribution in [0.4, 0.5) is 0 Å². The Kier molecular flexibility index (Phi) is 10.3. The first-order chi connectivity index (χ1) is 10.1. The molecule has 0 aromatic carbocycles. The molecule has 0 aromatic rings. The number of nitrogens with two attached hydrogens (primary N) is 2. The fourth-order valence-corrected chi connectivity index (χ4v) is 3.60. The normalized spacial score (nSPS) is 29.9. The zero-order valence-corrected chi connectivity index (χ0v) is 13.9. The predicted molar refractivity (Wildman–Crippen MR) is 90.8 cm³/mol. The Morgan fingerprint density at radius 1 is 1.05 bits per heavy atom. The Labute approximate surface area is 131 Å². The van der Waals surface area contributed by atoms with E-state index in [0.29, 0.717) is 18.4 Å². The van der Waals surface area contributed by atoms with Gasteiger partial charge < -0.3 is 21.7 Å². The minimum Gasteiger partial charge on any atom is -0.785 e. The Balaban J connectivity index is 2.52. The number of hydrogen-bond donors (Lipinski definition) is 2. The quantitative estimate of drug-likeness (QED) is 0.764. The SMILES string of the molecule is CN([O-])CCCC1C[C@@H](CN)CCCCCCCCC1N. The zero-order chi connectivity index (χ0) is 15.5. The molecule has 1 aliphatic carbocycles. The van der Waals surface area contributed by atoms with Crippen LogP contribution in [-0.4, -0.2) is 31.2 Å². The Morgan fingerprint density at radius 2 is 1.67 bits per heavy atom. The third-order valence-corrected chi connectivity index (χ3v) is 5.02. The Morgan fingerprint density at radius 3 is 2.29 bits per heavy atom. The van der Waals surface area contributed by atoms with Gasteiger partial charge >= 0.3 is 0 Å². The molecule has 3 atom stereocenters. The van der Waals surface area contributed by atoms with Crippen LogP contribution in [0.2, 0.25) is 0 Å². The number of rotatable bonds is 5. The van der Waals surface area contributed by atoms with Gasteiger partial charge in [0, 0.05) is 6.04 Å². The number of hydrogen-bond acceptors (Lipinski definition) is 4. The second kappa shape index (κ2) is 11.4. The van der Waals surface area contributed by atoms with Crippen molar-refractivity contribution in [2.24, 2.45) is 23.3 Å². The van der Waals surface area contributed by atoms with E-state index in [4.69, 9.17) is 11.5 Å². The summed E-state index contributed by atoms with van der Waals surface area (Å²) in [4.78, 5) is 0. The van der Waals surface area contributed by atoms with Gasteiger partial charge in [-0.05, 0) is 64.1 Å². The molecule has 0 heterocycles. The third-order valence-electron chi connectivity index (χ3n) is 5.02. The average Bonchev–Trinajstić information content (AvgIpc) is 2.44. The molecular formula is C17H36N3O-. The van der Waals surface area contributed by atoms with Gasteiger partial charge in [-0.2, -0.15) is 0 Å². The van der Waals surface area contributed by atoms with E-state index in [1.54, 1.807) is 7.05 Å². The van der Waals surface area contributed by atoms with Crippen molar-refractivity contribution >= 4 is 0 Å². The van der Waals surface area contributed by atoms with Crippen LogP contribution >= 0.6 is 0 Å². The highest BCUT2D eigenvalue weighted by Crippen LogP contribution is 2.27. The van der Waals surface area contributed by atoms with Crippen LogP contribution in [0.5, 0.6) is 0 Å². The molecule has 0 bridgehead atoms. The van der Waals surface area contributed by atoms with E-state index in [2.05, 4.69) is 0 Å². The molecule has 0 aromatic heterocycles. The van der Waals surface area contributed by atoms with Crippen LogP contribution < -0.4 is 11.5 Å². The van der Waals surface area contributed by atoms with Crippen molar-refractivity contribution in [2.45, 2.75) is 76.7 Å². The number of hydroxylamine groups is 2. The lowest BCUT2D eigenvalue weighted by Gasteiger charge is -2.30. The van der Waals surface area contributed by atoms with Gasteiger partial charge in [-0.15, -0.1) is 0 Å². The summed E-state index contributed by atoms with van der Waals surface area (Å²) in [5, 5.41) is 12.1. The van der Waals surface area contributed by atoms with Crippen molar-refractivity contribution in [2.75, 3.05) is 20.1 Å². The fourth-order valence-electron chi connectivity index (χ4n) is 3.60. The smallest absolute Gasteiger partial charge is 0.00672 e. The lowest BCUT2D eigenvalue weighted by Crippen LogP contribution is -2.33. The maximum absolute atomic E-state index is 11.1. The first-order valence-corrected chi connectivity index (χ1v) is 8.97. The van der Waals surface area contributed by atoms with Gasteiger partial charge in [0.15, 0.2) is 0 Å². The summed E-state index contributed by atoms with van der Waals surface area (Å²) in [6.45, 7) is 1.40. The maximum atomic E-state index is 11.1. The lowest BCUT2D eigenvalue weighted by atomic mass is 9.81. The highest BCUT2D eigenvalue weighted by atomic mass is 16.5. The molecule has 0 radical (unpaired) electrons. The molecule has 21 heavy (non-hydrogen) atoms. The lowest BCUT2D eigenvalue weighted by molar-refractivity contribution is 0.265. The second-order valence-corrected chi connectivity index (χ2v) is 6.95. The first-order valence-electron chi connectivity index (χ1n) is 8.97. The summed E-state index contributed by atoms with van der Waals surface area (Å²) in [5.41, 5.74) is 12.4. The molecule has 126 valence electrons. The molecule has 0 aliphatic heterocycles. The Bertz CT molecular complexity index is 248. The summed E-state index contributed by atoms with van der Waals surface area (Å²) in [7, 11) is 1.60. The van der Waals surface area contributed by atoms with E-state index >= 15 is 0 Å². The van der Waals surface area contributed by atoms with Crippen molar-refractivity contribution in [1.29, 1.82) is 0 Å². The largest absolute Gasteiger partial charge is 0.785 e. The summed E-state index contributed by atoms with van der Waals surface area (Å²) >= 11 is 0. The predicted octanol–water partition coefficient (Wildman–Crippen LogP) is 3.24. The minimum absolute atomic E-state index is 0.287. The highest BCUT2D eigenvalue weighted by Gasteiger charge is 2.21. The van der Waals surface area contributed by atoms with Gasteiger partial charge in [0.25, 0.3) is 0 Å². The van der Waals surface area contributed by atoms with Crippen molar-refractivity contribution in [1.82, 2.24) is 5.06 Å². The van der Waals surface area contributed by atoms with Gasteiger partial charge in [-0.1, -0.05) is 38.5 Å². The van der Waals surface area contributed by atoms with E-state index in [1.807, 2.05) is 0 Å². The Hall–Kier alpha value is -0.160. The average molecular weight is 298 g/mol. The summed E-state index contributed by atoms with van der Waals surface area (Å²) < 4.78 is 0. The van der Waals surface area contributed by atoms with E-state index in [9.17, 15) is 5.21 Å². The zero-order valence-electron chi connectivity index (χ0n) is 13.9. The minimum atomic E-state index is 0.287. The van der Waals surface area contributed by atoms with E-state index in [1.165, 1.54) is 44.9 Å². The van der Waals surface area contributed by atoms with Crippen LogP contribution in [0.1, 0.15) is 70.6 Å². The first kappa shape index (κ1) is 18.9. The molecule has 0 amide bonds. The molecule has 4 heteroatoms. The molecule has 4 N–H and O–H groups in total. The molecule has 1 saturated carbocycles. The molecule has 0 spiro atoms. The highest BCUT2D eigenvalue weighted by molar-refractivity contribution is 4.78. The van der Waals surface area contributed by atoms with Crippen molar-refractivity contribution in [3.8, 4) is 0 Å². The molecule has 0 saturated heterocycles. The van der Waals surface area contributed by atoms with Crippen LogP contribution in [-0.2, 0) is 0 Å². The molecule has 1 aliphatic rings. The van der Waals surface area contributed by atoms with Gasteiger partial charge in [0.1, 0.15) is 0 Å². The molecule has 4 nitrogen and oxygen atoms in total. The number of nitrogens with zero attached hydrogens (tertiary/aromatic N) is 1. The van der Waals surface area contributed by atoms with E-state index < -0.39 is 0 Å². The van der Waals surface area contributed by atoms with Gasteiger partial charge in [-0.25, -0.2) is 0 Å². The molecule has 1 fully saturated rings. The van der Waals surface area contributed by atoms with Crippen molar-refractivity contribution < 1.29 is 0 Å². The van der Waals surface area contributed by atoms with E-state index in [-0.39, 0.29) is 6.04 Å². The van der Waals surface area contributed by atoms with Crippen LogP contribution in [0.3, 0.4) is 0 Å². The fraction of sp³-hybridized carbons (Fsp3) is 1.00. The summed E-state index contributed by atoms with van der Waals surface area (Å²) in [5.74, 6) is 1.16. The van der Waals surface area contributed by atoms with Crippen LogP contribution in [0.15, 0.2) is 0 Å². The molecule has 1 rings (SSSR count). The molecule has 2 unspecified atom stereocenters. The second-order valence-electron chi connectivity index (χ2n) is 6.95. The maximum Gasteiger partial charge on any atom is 0.00672 e. The topological polar surface area (TPSA) is 78.3 Å². The summed E-state index contributed by atoms with van der Waals surface area (Å²) in [6.07, 6.45) is 13.5. The van der Waals surface area contributed by atoms with Crippen molar-refractivity contribution in [3.05, 3.63) is 5.21 Å². The van der Waals surface area contributed by atoms with Crippen LogP contribution in [0.25, 0.3) is 0 Å². The summed E-state index contributed by atoms with van der Waals surface area (Å²) in [6, 6.07) is 0.287. The monoisotopic (exact) mass is 298 g/mol. The van der Waals surface area contributed by atoms with Gasteiger partial charge in [0.2, 0.25) is 0 Å². The van der Waals surface area contributed by atoms with Crippen LogP contribution in [0, 0.1) is 17.0 Å². The van der Waals surface area contributed by atoms with Crippen molar-refractivity contribution in [3.63, 3.8) is 0 Å². The van der Waals surface area contributed by atoms with Gasteiger partial charge in [-0.3, -0.25) is 0 Å². The third kappa shape index (κ3) is 8.77. The van der Waals surface area contributed by atoms with E-state index in [0.717, 1.165) is 37.3 Å². The van der Waals surface area contributed by atoms with Gasteiger partial charge in [0.05, 0.1) is 0 Å². The molecular weight excluding hydrogens is 262 g/mol.